The van der Waals surface area contributed by atoms with Gasteiger partial charge in [0.2, 0.25) is 0 Å². The molecule has 6 nitrogen and oxygen atoms in total. The SMILES string of the molecule is CCNC(=O)NC(=O)[C@@H](c1ccccc1)[NH+]1CCOCC1. The summed E-state index contributed by atoms with van der Waals surface area (Å²) in [4.78, 5) is 25.2. The van der Waals surface area contributed by atoms with E-state index >= 15 is 0 Å². The van der Waals surface area contributed by atoms with E-state index < -0.39 is 12.1 Å². The number of imide groups is 1. The van der Waals surface area contributed by atoms with Crippen LogP contribution in [0.15, 0.2) is 30.3 Å². The Kier molecular flexibility index (Phi) is 5.71. The van der Waals surface area contributed by atoms with E-state index in [0.717, 1.165) is 23.6 Å². The van der Waals surface area contributed by atoms with E-state index in [1.165, 1.54) is 0 Å². The number of carbonyl (C=O) groups is 2. The van der Waals surface area contributed by atoms with E-state index in [9.17, 15) is 9.59 Å². The molecule has 114 valence electrons. The Bertz CT molecular complexity index is 472. The number of benzene rings is 1. The molecular formula is C15H22N3O3+. The lowest BCUT2D eigenvalue weighted by molar-refractivity contribution is -0.929. The third-order valence-electron chi connectivity index (χ3n) is 3.51. The zero-order chi connectivity index (χ0) is 15.1. The summed E-state index contributed by atoms with van der Waals surface area (Å²) >= 11 is 0. The van der Waals surface area contributed by atoms with E-state index in [2.05, 4.69) is 10.6 Å². The van der Waals surface area contributed by atoms with E-state index in [1.807, 2.05) is 37.3 Å². The molecule has 1 fully saturated rings. The molecule has 0 saturated carbocycles. The number of rotatable bonds is 4. The van der Waals surface area contributed by atoms with Crippen molar-refractivity contribution < 1.29 is 19.2 Å². The average molecular weight is 292 g/mol. The minimum absolute atomic E-state index is 0.274. The lowest BCUT2D eigenvalue weighted by atomic mass is 10.0. The molecular weight excluding hydrogens is 270 g/mol. The van der Waals surface area contributed by atoms with Crippen LogP contribution < -0.4 is 15.5 Å². The van der Waals surface area contributed by atoms with Crippen molar-refractivity contribution in [3.63, 3.8) is 0 Å². The lowest BCUT2D eigenvalue weighted by Crippen LogP contribution is -3.15. The zero-order valence-corrected chi connectivity index (χ0v) is 12.2. The second kappa shape index (κ2) is 7.75. The summed E-state index contributed by atoms with van der Waals surface area (Å²) in [5, 5.41) is 5.01. The van der Waals surface area contributed by atoms with Crippen molar-refractivity contribution in [2.75, 3.05) is 32.8 Å². The molecule has 1 heterocycles. The fourth-order valence-corrected chi connectivity index (χ4v) is 2.53. The van der Waals surface area contributed by atoms with Crippen LogP contribution in [0.5, 0.6) is 0 Å². The monoisotopic (exact) mass is 292 g/mol. The summed E-state index contributed by atoms with van der Waals surface area (Å²) < 4.78 is 5.35. The molecule has 0 unspecified atom stereocenters. The van der Waals surface area contributed by atoms with Crippen molar-refractivity contribution in [3.8, 4) is 0 Å². The highest BCUT2D eigenvalue weighted by atomic mass is 16.5. The van der Waals surface area contributed by atoms with Crippen LogP contribution in [0.3, 0.4) is 0 Å². The van der Waals surface area contributed by atoms with Crippen LogP contribution in [0.1, 0.15) is 18.5 Å². The third kappa shape index (κ3) is 4.27. The van der Waals surface area contributed by atoms with Gasteiger partial charge >= 0.3 is 6.03 Å². The Balaban J connectivity index is 2.15. The maximum absolute atomic E-state index is 12.5. The predicted octanol–water partition coefficient (Wildman–Crippen LogP) is -0.511. The van der Waals surface area contributed by atoms with Crippen LogP contribution in [0.4, 0.5) is 4.79 Å². The molecule has 1 aliphatic rings. The van der Waals surface area contributed by atoms with Gasteiger partial charge in [0, 0.05) is 12.1 Å². The van der Waals surface area contributed by atoms with E-state index in [-0.39, 0.29) is 5.91 Å². The fourth-order valence-electron chi connectivity index (χ4n) is 2.53. The number of quaternary nitrogens is 1. The summed E-state index contributed by atoms with van der Waals surface area (Å²) in [6, 6.07) is 8.73. The predicted molar refractivity (Wildman–Crippen MR) is 77.9 cm³/mol. The van der Waals surface area contributed by atoms with Gasteiger partial charge in [0.15, 0.2) is 6.04 Å². The number of nitrogens with one attached hydrogen (secondary N) is 3. The van der Waals surface area contributed by atoms with Crippen molar-refractivity contribution in [1.29, 1.82) is 0 Å². The van der Waals surface area contributed by atoms with E-state index in [1.54, 1.807) is 0 Å². The number of carbonyl (C=O) groups excluding carboxylic acids is 2. The molecule has 0 radical (unpaired) electrons. The van der Waals surface area contributed by atoms with Crippen LogP contribution in [0, 0.1) is 0 Å². The number of hydrogen-bond acceptors (Lipinski definition) is 3. The van der Waals surface area contributed by atoms with Gasteiger partial charge in [0.25, 0.3) is 5.91 Å². The first-order chi connectivity index (χ1) is 10.2. The van der Waals surface area contributed by atoms with Crippen LogP contribution in [0.2, 0.25) is 0 Å². The first kappa shape index (κ1) is 15.5. The van der Waals surface area contributed by atoms with Gasteiger partial charge in [0.05, 0.1) is 13.2 Å². The van der Waals surface area contributed by atoms with Crippen molar-refractivity contribution >= 4 is 11.9 Å². The second-order valence-corrected chi connectivity index (χ2v) is 4.96. The molecule has 1 aliphatic heterocycles. The Morgan fingerprint density at radius 2 is 1.90 bits per heavy atom. The molecule has 1 atom stereocenters. The normalized spacial score (nSPS) is 17.0. The number of urea groups is 1. The highest BCUT2D eigenvalue weighted by Gasteiger charge is 2.33. The van der Waals surface area contributed by atoms with Gasteiger partial charge in [-0.1, -0.05) is 30.3 Å². The number of amides is 3. The van der Waals surface area contributed by atoms with Gasteiger partial charge in [-0.3, -0.25) is 10.1 Å². The molecule has 0 aromatic heterocycles. The number of morpholine rings is 1. The van der Waals surface area contributed by atoms with Crippen molar-refractivity contribution in [2.45, 2.75) is 13.0 Å². The summed E-state index contributed by atoms with van der Waals surface area (Å²) in [6.07, 6.45) is 0. The Hall–Kier alpha value is -1.92. The van der Waals surface area contributed by atoms with Gasteiger partial charge in [-0.15, -0.1) is 0 Å². The minimum Gasteiger partial charge on any atom is -0.370 e. The molecule has 21 heavy (non-hydrogen) atoms. The van der Waals surface area contributed by atoms with Crippen LogP contribution in [0.25, 0.3) is 0 Å². The Labute approximate surface area is 124 Å². The highest BCUT2D eigenvalue weighted by molar-refractivity contribution is 5.96. The summed E-state index contributed by atoms with van der Waals surface area (Å²) in [5.74, 6) is -0.274. The van der Waals surface area contributed by atoms with Crippen LogP contribution in [-0.2, 0) is 9.53 Å². The average Bonchev–Trinajstić information content (AvgIpc) is 2.50. The van der Waals surface area contributed by atoms with Gasteiger partial charge < -0.3 is 15.0 Å². The topological polar surface area (TPSA) is 71.9 Å². The van der Waals surface area contributed by atoms with Crippen molar-refractivity contribution in [1.82, 2.24) is 10.6 Å². The molecule has 3 amide bonds. The second-order valence-electron chi connectivity index (χ2n) is 4.96. The molecule has 1 aromatic carbocycles. The van der Waals surface area contributed by atoms with E-state index in [4.69, 9.17) is 4.74 Å². The third-order valence-corrected chi connectivity index (χ3v) is 3.51. The molecule has 6 heteroatoms. The quantitative estimate of drug-likeness (QED) is 0.700. The minimum atomic E-state index is -0.448. The molecule has 2 rings (SSSR count). The molecule has 0 spiro atoms. The molecule has 1 saturated heterocycles. The molecule has 1 aromatic rings. The summed E-state index contributed by atoms with van der Waals surface area (Å²) in [5.41, 5.74) is 0.913. The summed E-state index contributed by atoms with van der Waals surface area (Å²) in [6.45, 7) is 5.07. The standard InChI is InChI=1S/C15H21N3O3/c1-2-16-15(20)17-14(19)13(12-6-4-3-5-7-12)18-8-10-21-11-9-18/h3-7,13H,2,8-11H2,1H3,(H2,16,17,19,20)/p+1/t13-/m1/s1. The maximum Gasteiger partial charge on any atom is 0.321 e. The van der Waals surface area contributed by atoms with E-state index in [0.29, 0.717) is 19.8 Å². The highest BCUT2D eigenvalue weighted by Crippen LogP contribution is 2.10. The molecule has 0 aliphatic carbocycles. The van der Waals surface area contributed by atoms with Crippen LogP contribution in [-0.4, -0.2) is 44.8 Å². The number of ether oxygens (including phenoxy) is 1. The van der Waals surface area contributed by atoms with Crippen LogP contribution >= 0.6 is 0 Å². The van der Waals surface area contributed by atoms with Gasteiger partial charge in [-0.2, -0.15) is 0 Å². The largest absolute Gasteiger partial charge is 0.370 e. The first-order valence-corrected chi connectivity index (χ1v) is 7.28. The lowest BCUT2D eigenvalue weighted by Gasteiger charge is -2.30. The Morgan fingerprint density at radius 3 is 2.52 bits per heavy atom. The maximum atomic E-state index is 12.5. The molecule has 3 N–H and O–H groups in total. The van der Waals surface area contributed by atoms with Gasteiger partial charge in [-0.05, 0) is 6.92 Å². The first-order valence-electron chi connectivity index (χ1n) is 7.28. The fraction of sp³-hybridized carbons (Fsp3) is 0.467. The van der Waals surface area contributed by atoms with Crippen molar-refractivity contribution in [2.24, 2.45) is 0 Å². The smallest absolute Gasteiger partial charge is 0.321 e. The number of hydrogen-bond donors (Lipinski definition) is 3. The zero-order valence-electron chi connectivity index (χ0n) is 12.2. The van der Waals surface area contributed by atoms with Crippen molar-refractivity contribution in [3.05, 3.63) is 35.9 Å². The van der Waals surface area contributed by atoms with Gasteiger partial charge in [0.1, 0.15) is 13.1 Å². The Morgan fingerprint density at radius 1 is 1.24 bits per heavy atom. The summed E-state index contributed by atoms with van der Waals surface area (Å²) in [7, 11) is 0. The molecule has 0 bridgehead atoms. The van der Waals surface area contributed by atoms with Gasteiger partial charge in [-0.25, -0.2) is 4.79 Å².